The van der Waals surface area contributed by atoms with Gasteiger partial charge < -0.3 is 23.8 Å². The average molecular weight is 576 g/mol. The maximum absolute atomic E-state index is 13.7. The van der Waals surface area contributed by atoms with E-state index in [1.165, 1.54) is 36.6 Å². The van der Waals surface area contributed by atoms with Gasteiger partial charge in [0, 0.05) is 54.8 Å². The smallest absolute Gasteiger partial charge is 0.410 e. The van der Waals surface area contributed by atoms with Gasteiger partial charge in [0.2, 0.25) is 0 Å². The van der Waals surface area contributed by atoms with Crippen LogP contribution in [0.25, 0.3) is 0 Å². The lowest BCUT2D eigenvalue weighted by Gasteiger charge is -2.29. The van der Waals surface area contributed by atoms with E-state index in [2.05, 4.69) is 10.3 Å². The number of aromatic nitrogens is 1. The van der Waals surface area contributed by atoms with Crippen LogP contribution in [0.3, 0.4) is 0 Å². The molecule has 9 nitrogen and oxygen atoms in total. The summed E-state index contributed by atoms with van der Waals surface area (Å²) in [6, 6.07) is 7.27. The minimum absolute atomic E-state index is 0.0758. The lowest BCUT2D eigenvalue weighted by molar-refractivity contribution is 0.0225. The third-order valence-corrected chi connectivity index (χ3v) is 6.55. The van der Waals surface area contributed by atoms with E-state index in [1.54, 1.807) is 11.8 Å². The Labute approximate surface area is 235 Å². The Bertz CT molecular complexity index is 1370. The summed E-state index contributed by atoms with van der Waals surface area (Å²) < 4.78 is 49.5. The molecular weight excluding hydrogens is 544 g/mol. The van der Waals surface area contributed by atoms with Crippen LogP contribution in [0.5, 0.6) is 17.2 Å². The molecule has 1 aliphatic heterocycles. The number of hydrogen-bond donors (Lipinski definition) is 1. The van der Waals surface area contributed by atoms with Gasteiger partial charge in [-0.3, -0.25) is 10.1 Å². The van der Waals surface area contributed by atoms with Crippen LogP contribution in [-0.4, -0.2) is 53.9 Å². The summed E-state index contributed by atoms with van der Waals surface area (Å²) in [6.45, 7) is 8.31. The lowest BCUT2D eigenvalue weighted by atomic mass is 10.2. The lowest BCUT2D eigenvalue weighted by Crippen LogP contribution is -2.39. The van der Waals surface area contributed by atoms with Crippen molar-refractivity contribution in [1.29, 1.82) is 0 Å². The topological polar surface area (TPSA) is 99.2 Å². The Balaban J connectivity index is 1.53. The number of fused-ring (bicyclic) bond motifs is 1. The second kappa shape index (κ2) is 12.2. The standard InChI is InChI=1S/C28H31F2N3O6S/c1-16(15-36-5)37-20-8-17(9-21(13-20)38-22-11-18(29)10-19(30)12-22)25(34)32-26-31-23-6-7-33(14-24(23)40-26)27(35)39-28(2,3)4/h8-13,16H,6-7,14-15H2,1-5H3,(H,31,32,34)/t16-/m0/s1. The largest absolute Gasteiger partial charge is 0.488 e. The molecule has 0 saturated heterocycles. The number of anilines is 1. The van der Waals surface area contributed by atoms with Gasteiger partial charge in [-0.2, -0.15) is 0 Å². The highest BCUT2D eigenvalue weighted by Crippen LogP contribution is 2.32. The highest BCUT2D eigenvalue weighted by molar-refractivity contribution is 7.15. The van der Waals surface area contributed by atoms with Crippen LogP contribution < -0.4 is 14.8 Å². The van der Waals surface area contributed by atoms with Gasteiger partial charge in [0.15, 0.2) is 5.13 Å². The van der Waals surface area contributed by atoms with Gasteiger partial charge in [-0.25, -0.2) is 18.6 Å². The average Bonchev–Trinajstić information content (AvgIpc) is 3.23. The second-order valence-electron chi connectivity index (χ2n) is 10.3. The number of benzene rings is 2. The molecule has 0 saturated carbocycles. The SMILES string of the molecule is COC[C@H](C)Oc1cc(Oc2cc(F)cc(F)c2)cc(C(=O)Nc2nc3c(s2)CN(C(=O)OC(C)(C)C)CC3)c1. The van der Waals surface area contributed by atoms with Gasteiger partial charge in [-0.05, 0) is 39.8 Å². The fraction of sp³-hybridized carbons (Fsp3) is 0.393. The van der Waals surface area contributed by atoms with E-state index in [4.69, 9.17) is 18.9 Å². The predicted molar refractivity (Wildman–Crippen MR) is 145 cm³/mol. The van der Waals surface area contributed by atoms with Crippen molar-refractivity contribution in [2.75, 3.05) is 25.6 Å². The number of hydrogen-bond acceptors (Lipinski definition) is 8. The minimum atomic E-state index is -0.799. The van der Waals surface area contributed by atoms with Gasteiger partial charge in [-0.15, -0.1) is 0 Å². The molecule has 3 aromatic rings. The van der Waals surface area contributed by atoms with E-state index >= 15 is 0 Å². The molecule has 2 aromatic carbocycles. The molecule has 1 aromatic heterocycles. The molecule has 1 aliphatic rings. The van der Waals surface area contributed by atoms with Crippen molar-refractivity contribution in [3.8, 4) is 17.2 Å². The number of amides is 2. The molecule has 214 valence electrons. The van der Waals surface area contributed by atoms with E-state index < -0.39 is 29.2 Å². The molecule has 2 amide bonds. The van der Waals surface area contributed by atoms with E-state index in [-0.39, 0.29) is 23.2 Å². The maximum atomic E-state index is 13.7. The number of carbonyl (C=O) groups excluding carboxylic acids is 2. The van der Waals surface area contributed by atoms with Crippen molar-refractivity contribution in [2.45, 2.75) is 52.4 Å². The van der Waals surface area contributed by atoms with Crippen molar-refractivity contribution in [1.82, 2.24) is 9.88 Å². The number of thiazole rings is 1. The number of ether oxygens (including phenoxy) is 4. The van der Waals surface area contributed by atoms with Crippen LogP contribution in [0.1, 0.15) is 48.6 Å². The Morgan fingerprint density at radius 1 is 1.07 bits per heavy atom. The number of nitrogens with one attached hydrogen (secondary N) is 1. The molecule has 0 radical (unpaired) electrons. The first-order chi connectivity index (χ1) is 18.9. The summed E-state index contributed by atoms with van der Waals surface area (Å²) in [4.78, 5) is 32.7. The predicted octanol–water partition coefficient (Wildman–Crippen LogP) is 6.17. The van der Waals surface area contributed by atoms with Crippen molar-refractivity contribution in [3.63, 3.8) is 0 Å². The number of methoxy groups -OCH3 is 1. The highest BCUT2D eigenvalue weighted by Gasteiger charge is 2.28. The first-order valence-corrected chi connectivity index (χ1v) is 13.4. The third-order valence-electron chi connectivity index (χ3n) is 5.56. The molecule has 40 heavy (non-hydrogen) atoms. The monoisotopic (exact) mass is 575 g/mol. The van der Waals surface area contributed by atoms with Crippen molar-refractivity contribution in [3.05, 3.63) is 64.2 Å². The van der Waals surface area contributed by atoms with Gasteiger partial charge in [-0.1, -0.05) is 11.3 Å². The van der Waals surface area contributed by atoms with Gasteiger partial charge >= 0.3 is 6.09 Å². The zero-order chi connectivity index (χ0) is 29.0. The van der Waals surface area contributed by atoms with Crippen molar-refractivity contribution < 1.29 is 37.3 Å². The molecule has 12 heteroatoms. The maximum Gasteiger partial charge on any atom is 0.410 e. The fourth-order valence-electron chi connectivity index (χ4n) is 3.95. The van der Waals surface area contributed by atoms with E-state index in [0.29, 0.717) is 37.0 Å². The van der Waals surface area contributed by atoms with E-state index in [1.807, 2.05) is 20.8 Å². The Hall–Kier alpha value is -3.77. The Morgan fingerprint density at radius 2 is 1.75 bits per heavy atom. The fourth-order valence-corrected chi connectivity index (χ4v) is 4.97. The third kappa shape index (κ3) is 7.89. The summed E-state index contributed by atoms with van der Waals surface area (Å²) >= 11 is 1.27. The number of halogens is 2. The Morgan fingerprint density at radius 3 is 2.42 bits per heavy atom. The molecule has 4 rings (SSSR count). The summed E-state index contributed by atoms with van der Waals surface area (Å²) in [5.41, 5.74) is 0.384. The van der Waals surface area contributed by atoms with Crippen LogP contribution in [0, 0.1) is 11.6 Å². The summed E-state index contributed by atoms with van der Waals surface area (Å²) in [6.07, 6.45) is -0.215. The first-order valence-electron chi connectivity index (χ1n) is 12.6. The van der Waals surface area contributed by atoms with Crippen molar-refractivity contribution >= 4 is 28.5 Å². The zero-order valence-electron chi connectivity index (χ0n) is 22.9. The van der Waals surface area contributed by atoms with Gasteiger partial charge in [0.1, 0.15) is 40.6 Å². The molecular formula is C28H31F2N3O6S. The van der Waals surface area contributed by atoms with Crippen molar-refractivity contribution in [2.24, 2.45) is 0 Å². The van der Waals surface area contributed by atoms with E-state index in [9.17, 15) is 18.4 Å². The summed E-state index contributed by atoms with van der Waals surface area (Å²) in [5, 5.41) is 3.16. The van der Waals surface area contributed by atoms with Crippen LogP contribution in [0.2, 0.25) is 0 Å². The Kier molecular flexibility index (Phi) is 8.89. The second-order valence-corrected chi connectivity index (χ2v) is 11.4. The first kappa shape index (κ1) is 29.2. The van der Waals surface area contributed by atoms with Gasteiger partial charge in [0.05, 0.1) is 18.8 Å². The summed E-state index contributed by atoms with van der Waals surface area (Å²) in [5.74, 6) is -1.72. The molecule has 1 N–H and O–H groups in total. The van der Waals surface area contributed by atoms with Gasteiger partial charge in [0.25, 0.3) is 5.91 Å². The summed E-state index contributed by atoms with van der Waals surface area (Å²) in [7, 11) is 1.54. The normalized spacial score (nSPS) is 13.8. The van der Waals surface area contributed by atoms with Crippen LogP contribution in [0.15, 0.2) is 36.4 Å². The molecule has 1 atom stereocenters. The van der Waals surface area contributed by atoms with Crippen LogP contribution in [-0.2, 0) is 22.4 Å². The molecule has 0 aliphatic carbocycles. The molecule has 0 unspecified atom stereocenters. The van der Waals surface area contributed by atoms with Crippen LogP contribution in [0.4, 0.5) is 18.7 Å². The number of nitrogens with zero attached hydrogens (tertiary/aromatic N) is 2. The molecule has 0 bridgehead atoms. The van der Waals surface area contributed by atoms with E-state index in [0.717, 1.165) is 28.8 Å². The van der Waals surface area contributed by atoms with Crippen LogP contribution >= 0.6 is 11.3 Å². The number of carbonyl (C=O) groups is 2. The highest BCUT2D eigenvalue weighted by atomic mass is 32.1. The molecule has 0 fully saturated rings. The zero-order valence-corrected chi connectivity index (χ0v) is 23.7. The minimum Gasteiger partial charge on any atom is -0.488 e. The number of rotatable bonds is 8. The molecule has 2 heterocycles. The quantitative estimate of drug-likeness (QED) is 0.343. The molecule has 0 spiro atoms.